The Balaban J connectivity index is 1.90. The van der Waals surface area contributed by atoms with Crippen LogP contribution in [0.15, 0.2) is 64.3 Å². The number of benzene rings is 1. The maximum absolute atomic E-state index is 12.2. The van der Waals surface area contributed by atoms with Gasteiger partial charge in [0.15, 0.2) is 5.78 Å². The predicted octanol–water partition coefficient (Wildman–Crippen LogP) is 1.78. The van der Waals surface area contributed by atoms with Gasteiger partial charge in [0, 0.05) is 17.8 Å². The highest BCUT2D eigenvalue weighted by atomic mass is 16.4. The van der Waals surface area contributed by atoms with Crippen LogP contribution in [0.4, 0.5) is 0 Å². The number of Topliss-reactive ketones (excluding diaryl/α,β-unsaturated/α-hetero) is 1. The second kappa shape index (κ2) is 5.54. The molecule has 6 nitrogen and oxygen atoms in total. The van der Waals surface area contributed by atoms with Gasteiger partial charge in [0.25, 0.3) is 5.56 Å². The molecule has 6 heteroatoms. The molecule has 2 heterocycles. The first kappa shape index (κ1) is 13.0. The van der Waals surface area contributed by atoms with E-state index in [1.54, 1.807) is 30.3 Å². The molecule has 0 spiro atoms. The second-order valence-corrected chi connectivity index (χ2v) is 4.42. The number of hydrogen-bond acceptors (Lipinski definition) is 5. The topological polar surface area (TPSA) is 78.0 Å². The Morgan fingerprint density at radius 3 is 2.67 bits per heavy atom. The molecule has 0 saturated heterocycles. The minimum atomic E-state index is -0.262. The molecule has 0 radical (unpaired) electrons. The van der Waals surface area contributed by atoms with Crippen molar-refractivity contribution in [3.63, 3.8) is 0 Å². The molecule has 21 heavy (non-hydrogen) atoms. The van der Waals surface area contributed by atoms with Crippen LogP contribution < -0.4 is 5.56 Å². The molecule has 0 aliphatic heterocycles. The third kappa shape index (κ3) is 2.79. The maximum Gasteiger partial charge on any atom is 0.250 e. The molecular weight excluding hydrogens is 270 g/mol. The Morgan fingerprint density at radius 1 is 1.14 bits per heavy atom. The minimum absolute atomic E-state index is 0.0369. The van der Waals surface area contributed by atoms with Crippen molar-refractivity contribution in [2.75, 3.05) is 0 Å². The van der Waals surface area contributed by atoms with Crippen molar-refractivity contribution in [2.45, 2.75) is 6.54 Å². The molecule has 3 rings (SSSR count). The zero-order chi connectivity index (χ0) is 14.7. The van der Waals surface area contributed by atoms with Gasteiger partial charge >= 0.3 is 0 Å². The number of ketones is 1. The lowest BCUT2D eigenvalue weighted by molar-refractivity contribution is 0.0971. The van der Waals surface area contributed by atoms with Crippen molar-refractivity contribution in [1.29, 1.82) is 0 Å². The first-order valence-corrected chi connectivity index (χ1v) is 6.29. The van der Waals surface area contributed by atoms with E-state index in [1.807, 2.05) is 6.07 Å². The molecule has 0 aliphatic rings. The fraction of sp³-hybridized carbons (Fsp3) is 0.0667. The highest BCUT2D eigenvalue weighted by Crippen LogP contribution is 2.13. The normalized spacial score (nSPS) is 10.5. The molecule has 0 atom stereocenters. The monoisotopic (exact) mass is 281 g/mol. The van der Waals surface area contributed by atoms with Crippen LogP contribution in [-0.2, 0) is 6.54 Å². The summed E-state index contributed by atoms with van der Waals surface area (Å²) in [4.78, 5) is 24.0. The fourth-order valence-electron chi connectivity index (χ4n) is 1.95. The number of carbonyl (C=O) groups is 1. The van der Waals surface area contributed by atoms with Crippen LogP contribution >= 0.6 is 0 Å². The van der Waals surface area contributed by atoms with Crippen LogP contribution in [0.3, 0.4) is 0 Å². The van der Waals surface area contributed by atoms with Gasteiger partial charge in [-0.2, -0.15) is 0 Å². The highest BCUT2D eigenvalue weighted by Gasteiger charge is 2.10. The van der Waals surface area contributed by atoms with Crippen molar-refractivity contribution in [3.05, 3.63) is 71.0 Å². The minimum Gasteiger partial charge on any atom is -0.423 e. The SMILES string of the molecule is O=C(Cn1cc(-c2nnco2)ccc1=O)c1ccccc1. The summed E-state index contributed by atoms with van der Waals surface area (Å²) >= 11 is 0. The van der Waals surface area contributed by atoms with Crippen molar-refractivity contribution < 1.29 is 9.21 Å². The number of hydrogen-bond donors (Lipinski definition) is 0. The Bertz CT molecular complexity index is 808. The van der Waals surface area contributed by atoms with Crippen LogP contribution in [0.2, 0.25) is 0 Å². The molecule has 0 aliphatic carbocycles. The molecule has 0 unspecified atom stereocenters. The van der Waals surface area contributed by atoms with Crippen molar-refractivity contribution in [2.24, 2.45) is 0 Å². The van der Waals surface area contributed by atoms with Crippen LogP contribution in [0.1, 0.15) is 10.4 Å². The zero-order valence-electron chi connectivity index (χ0n) is 11.0. The van der Waals surface area contributed by atoms with E-state index in [9.17, 15) is 9.59 Å². The van der Waals surface area contributed by atoms with E-state index in [-0.39, 0.29) is 17.9 Å². The lowest BCUT2D eigenvalue weighted by Gasteiger charge is -2.06. The summed E-state index contributed by atoms with van der Waals surface area (Å²) in [5.41, 5.74) is 0.892. The molecule has 3 aromatic rings. The van der Waals surface area contributed by atoms with Crippen LogP contribution in [0.25, 0.3) is 11.5 Å². The van der Waals surface area contributed by atoms with Crippen molar-refractivity contribution >= 4 is 5.78 Å². The molecule has 0 saturated carbocycles. The number of rotatable bonds is 4. The summed E-state index contributed by atoms with van der Waals surface area (Å²) in [7, 11) is 0. The third-order valence-corrected chi connectivity index (χ3v) is 3.00. The molecule has 1 aromatic carbocycles. The first-order chi connectivity index (χ1) is 10.2. The van der Waals surface area contributed by atoms with E-state index in [1.165, 1.54) is 23.2 Å². The molecule has 0 amide bonds. The number of aromatic nitrogens is 3. The molecule has 104 valence electrons. The van der Waals surface area contributed by atoms with Gasteiger partial charge in [0.1, 0.15) is 0 Å². The number of pyridine rings is 1. The number of nitrogens with zero attached hydrogens (tertiary/aromatic N) is 3. The van der Waals surface area contributed by atoms with Gasteiger partial charge in [-0.25, -0.2) is 0 Å². The van der Waals surface area contributed by atoms with Gasteiger partial charge in [-0.1, -0.05) is 30.3 Å². The predicted molar refractivity (Wildman–Crippen MR) is 74.8 cm³/mol. The average molecular weight is 281 g/mol. The summed E-state index contributed by atoms with van der Waals surface area (Å²) in [6, 6.07) is 11.8. The second-order valence-electron chi connectivity index (χ2n) is 4.42. The zero-order valence-corrected chi connectivity index (χ0v) is 11.0. The van der Waals surface area contributed by atoms with Crippen molar-refractivity contribution in [3.8, 4) is 11.5 Å². The smallest absolute Gasteiger partial charge is 0.250 e. The van der Waals surface area contributed by atoms with Gasteiger partial charge < -0.3 is 8.98 Å². The summed E-state index contributed by atoms with van der Waals surface area (Å²) in [5, 5.41) is 7.37. The lowest BCUT2D eigenvalue weighted by Crippen LogP contribution is -2.23. The highest BCUT2D eigenvalue weighted by molar-refractivity contribution is 5.95. The molecule has 2 aromatic heterocycles. The molecule has 0 N–H and O–H groups in total. The van der Waals surface area contributed by atoms with Gasteiger partial charge in [0.2, 0.25) is 12.3 Å². The van der Waals surface area contributed by atoms with E-state index in [0.29, 0.717) is 17.0 Å². The third-order valence-electron chi connectivity index (χ3n) is 3.00. The number of carbonyl (C=O) groups excluding carboxylic acids is 1. The molecular formula is C15H11N3O3. The van der Waals surface area contributed by atoms with Crippen LogP contribution in [0, 0.1) is 0 Å². The Morgan fingerprint density at radius 2 is 1.95 bits per heavy atom. The largest absolute Gasteiger partial charge is 0.423 e. The summed E-state index contributed by atoms with van der Waals surface area (Å²) in [6.45, 7) is -0.0369. The van der Waals surface area contributed by atoms with E-state index >= 15 is 0 Å². The molecule has 0 bridgehead atoms. The quantitative estimate of drug-likeness (QED) is 0.681. The summed E-state index contributed by atoms with van der Waals surface area (Å²) in [5.74, 6) is 0.163. The lowest BCUT2D eigenvalue weighted by atomic mass is 10.1. The Hall–Kier alpha value is -3.02. The van der Waals surface area contributed by atoms with Gasteiger partial charge in [-0.05, 0) is 6.07 Å². The average Bonchev–Trinajstić information content (AvgIpc) is 3.04. The van der Waals surface area contributed by atoms with Crippen molar-refractivity contribution in [1.82, 2.24) is 14.8 Å². The van der Waals surface area contributed by atoms with Gasteiger partial charge in [-0.15, -0.1) is 10.2 Å². The van der Waals surface area contributed by atoms with Gasteiger partial charge in [0.05, 0.1) is 12.1 Å². The first-order valence-electron chi connectivity index (χ1n) is 6.29. The van der Waals surface area contributed by atoms with Crippen LogP contribution in [-0.4, -0.2) is 20.5 Å². The van der Waals surface area contributed by atoms with E-state index in [2.05, 4.69) is 10.2 Å². The fourth-order valence-corrected chi connectivity index (χ4v) is 1.95. The van der Waals surface area contributed by atoms with E-state index < -0.39 is 0 Å². The Kier molecular flexibility index (Phi) is 3.42. The van der Waals surface area contributed by atoms with Gasteiger partial charge in [-0.3, -0.25) is 9.59 Å². The summed E-state index contributed by atoms with van der Waals surface area (Å²) in [6.07, 6.45) is 2.75. The standard InChI is InChI=1S/C15H11N3O3/c19-13(11-4-2-1-3-5-11)9-18-8-12(6-7-14(18)20)15-17-16-10-21-15/h1-8,10H,9H2. The Labute approximate surface area is 119 Å². The van der Waals surface area contributed by atoms with E-state index in [4.69, 9.17) is 4.42 Å². The summed E-state index contributed by atoms with van der Waals surface area (Å²) < 4.78 is 6.41. The van der Waals surface area contributed by atoms with Crippen LogP contribution in [0.5, 0.6) is 0 Å². The maximum atomic E-state index is 12.2. The molecule has 0 fully saturated rings. The van der Waals surface area contributed by atoms with E-state index in [0.717, 1.165) is 0 Å².